The van der Waals surface area contributed by atoms with E-state index in [2.05, 4.69) is 33.0 Å². The fourth-order valence-corrected chi connectivity index (χ4v) is 5.62. The molecule has 3 aromatic carbocycles. The highest BCUT2D eigenvalue weighted by Gasteiger charge is 2.33. The summed E-state index contributed by atoms with van der Waals surface area (Å²) >= 11 is 9.71. The molecule has 1 aliphatic rings. The van der Waals surface area contributed by atoms with Crippen molar-refractivity contribution in [1.29, 1.82) is 0 Å². The normalized spacial score (nSPS) is 13.8. The van der Waals surface area contributed by atoms with Crippen LogP contribution in [0.2, 0.25) is 5.02 Å². The minimum Gasteiger partial charge on any atom is -0.419 e. The molecule has 0 amide bonds. The number of sulfone groups is 1. The van der Waals surface area contributed by atoms with Gasteiger partial charge in [0.1, 0.15) is 0 Å². The van der Waals surface area contributed by atoms with Crippen LogP contribution < -0.4 is 4.90 Å². The number of aromatic nitrogens is 1. The van der Waals surface area contributed by atoms with Crippen LogP contribution in [0.25, 0.3) is 11.5 Å². The van der Waals surface area contributed by atoms with Gasteiger partial charge in [0, 0.05) is 17.6 Å². The van der Waals surface area contributed by atoms with Crippen molar-refractivity contribution in [2.24, 2.45) is 0 Å². The molecule has 0 N–H and O–H groups in total. The van der Waals surface area contributed by atoms with E-state index in [0.29, 0.717) is 23.7 Å². The zero-order valence-corrected chi connectivity index (χ0v) is 20.0. The van der Waals surface area contributed by atoms with Gasteiger partial charge in [-0.05, 0) is 53.9 Å². The summed E-state index contributed by atoms with van der Waals surface area (Å²) in [5.41, 5.74) is 2.94. The van der Waals surface area contributed by atoms with Gasteiger partial charge in [-0.15, -0.1) is 0 Å². The van der Waals surface area contributed by atoms with E-state index in [4.69, 9.17) is 16.0 Å². The zero-order chi connectivity index (χ0) is 22.3. The zero-order valence-electron chi connectivity index (χ0n) is 16.8. The molecule has 2 heterocycles. The molecule has 4 aromatic rings. The molecular formula is C24H18BrClN2O3S. The summed E-state index contributed by atoms with van der Waals surface area (Å²) < 4.78 is 34.1. The molecule has 0 spiro atoms. The first-order valence-corrected chi connectivity index (χ1v) is 12.7. The summed E-state index contributed by atoms with van der Waals surface area (Å²) in [6.45, 7) is 1.16. The molecule has 32 heavy (non-hydrogen) atoms. The van der Waals surface area contributed by atoms with Crippen LogP contribution in [0.1, 0.15) is 11.1 Å². The van der Waals surface area contributed by atoms with Crippen LogP contribution in [-0.4, -0.2) is 19.9 Å². The van der Waals surface area contributed by atoms with E-state index in [-0.39, 0.29) is 21.7 Å². The molecule has 0 unspecified atom stereocenters. The Kier molecular flexibility index (Phi) is 5.57. The molecule has 0 aliphatic carbocycles. The van der Waals surface area contributed by atoms with Crippen molar-refractivity contribution in [2.45, 2.75) is 22.9 Å². The van der Waals surface area contributed by atoms with Crippen molar-refractivity contribution in [1.82, 2.24) is 4.98 Å². The Labute approximate surface area is 199 Å². The topological polar surface area (TPSA) is 63.4 Å². The summed E-state index contributed by atoms with van der Waals surface area (Å²) in [6.07, 6.45) is 0.788. The van der Waals surface area contributed by atoms with Crippen LogP contribution in [-0.2, 0) is 22.8 Å². The minimum atomic E-state index is -3.92. The van der Waals surface area contributed by atoms with Crippen LogP contribution >= 0.6 is 27.5 Å². The lowest BCUT2D eigenvalue weighted by Gasteiger charge is -2.28. The smallest absolute Gasteiger partial charge is 0.236 e. The summed E-state index contributed by atoms with van der Waals surface area (Å²) in [6, 6.07) is 21.7. The lowest BCUT2D eigenvalue weighted by Crippen LogP contribution is -2.31. The highest BCUT2D eigenvalue weighted by Crippen LogP contribution is 2.38. The van der Waals surface area contributed by atoms with Crippen LogP contribution in [0.5, 0.6) is 0 Å². The summed E-state index contributed by atoms with van der Waals surface area (Å²) in [4.78, 5) is 6.53. The number of benzene rings is 3. The van der Waals surface area contributed by atoms with E-state index in [9.17, 15) is 8.42 Å². The van der Waals surface area contributed by atoms with Crippen molar-refractivity contribution >= 4 is 43.3 Å². The molecule has 0 fully saturated rings. The van der Waals surface area contributed by atoms with Gasteiger partial charge in [0.15, 0.2) is 0 Å². The Morgan fingerprint density at radius 2 is 1.62 bits per heavy atom. The molecular weight excluding hydrogens is 512 g/mol. The van der Waals surface area contributed by atoms with Crippen molar-refractivity contribution in [3.05, 3.63) is 93.4 Å². The maximum atomic E-state index is 13.6. The number of hydrogen-bond acceptors (Lipinski definition) is 5. The first-order chi connectivity index (χ1) is 15.4. The molecule has 0 radical (unpaired) electrons. The molecule has 5 nitrogen and oxygen atoms in total. The molecule has 1 aliphatic heterocycles. The van der Waals surface area contributed by atoms with Gasteiger partial charge in [-0.3, -0.25) is 0 Å². The first-order valence-electron chi connectivity index (χ1n) is 10.0. The third-order valence-corrected chi connectivity index (χ3v) is 8.01. The van der Waals surface area contributed by atoms with Crippen molar-refractivity contribution < 1.29 is 12.8 Å². The van der Waals surface area contributed by atoms with E-state index < -0.39 is 9.84 Å². The molecule has 0 saturated carbocycles. The SMILES string of the molecule is O=S(=O)(c1ccc(Br)cc1)c1nc(-c2ccccc2Cl)oc1N1CCc2ccccc2C1. The standard InChI is InChI=1S/C24H18BrClN2O3S/c25-18-9-11-19(12-10-18)32(29,30)23-24(28-14-13-16-5-1-2-6-17(16)15-28)31-22(27-23)20-7-3-4-8-21(20)26/h1-12H,13-15H2. The summed E-state index contributed by atoms with van der Waals surface area (Å²) in [5, 5.41) is 0.339. The van der Waals surface area contributed by atoms with Gasteiger partial charge in [0.05, 0.1) is 15.5 Å². The fourth-order valence-electron chi connectivity index (χ4n) is 3.82. The Morgan fingerprint density at radius 3 is 2.38 bits per heavy atom. The Hall–Kier alpha value is -2.61. The number of oxazole rings is 1. The third-order valence-electron chi connectivity index (χ3n) is 5.48. The molecule has 0 saturated heterocycles. The second-order valence-electron chi connectivity index (χ2n) is 7.51. The fraction of sp³-hybridized carbons (Fsp3) is 0.125. The van der Waals surface area contributed by atoms with Gasteiger partial charge in [-0.2, -0.15) is 4.98 Å². The molecule has 0 bridgehead atoms. The van der Waals surface area contributed by atoms with Crippen LogP contribution in [0.15, 0.2) is 91.6 Å². The minimum absolute atomic E-state index is 0.103. The third kappa shape index (κ3) is 3.85. The van der Waals surface area contributed by atoms with Crippen molar-refractivity contribution in [3.8, 4) is 11.5 Å². The van der Waals surface area contributed by atoms with Gasteiger partial charge >= 0.3 is 0 Å². The number of hydrogen-bond donors (Lipinski definition) is 0. The van der Waals surface area contributed by atoms with Crippen LogP contribution in [0.3, 0.4) is 0 Å². The predicted molar refractivity (Wildman–Crippen MR) is 128 cm³/mol. The van der Waals surface area contributed by atoms with Crippen molar-refractivity contribution in [2.75, 3.05) is 11.4 Å². The number of nitrogens with zero attached hydrogens (tertiary/aromatic N) is 2. The van der Waals surface area contributed by atoms with Gasteiger partial charge in [-0.1, -0.05) is 63.9 Å². The second-order valence-corrected chi connectivity index (χ2v) is 10.7. The first kappa shape index (κ1) is 21.2. The molecule has 162 valence electrons. The second kappa shape index (κ2) is 8.39. The van der Waals surface area contributed by atoms with E-state index in [0.717, 1.165) is 16.5 Å². The average Bonchev–Trinajstić information content (AvgIpc) is 3.25. The Morgan fingerprint density at radius 1 is 0.938 bits per heavy atom. The predicted octanol–water partition coefficient (Wildman–Crippen LogP) is 6.15. The monoisotopic (exact) mass is 528 g/mol. The van der Waals surface area contributed by atoms with E-state index in [1.165, 1.54) is 5.56 Å². The quantitative estimate of drug-likeness (QED) is 0.317. The van der Waals surface area contributed by atoms with E-state index >= 15 is 0 Å². The number of halogens is 2. The maximum Gasteiger partial charge on any atom is 0.236 e. The van der Waals surface area contributed by atoms with Gasteiger partial charge in [-0.25, -0.2) is 8.42 Å². The average molecular weight is 530 g/mol. The number of rotatable bonds is 4. The highest BCUT2D eigenvalue weighted by atomic mass is 79.9. The van der Waals surface area contributed by atoms with Crippen LogP contribution in [0.4, 0.5) is 5.88 Å². The highest BCUT2D eigenvalue weighted by molar-refractivity contribution is 9.10. The largest absolute Gasteiger partial charge is 0.419 e. The lowest BCUT2D eigenvalue weighted by molar-refractivity contribution is 0.533. The molecule has 1 aromatic heterocycles. The maximum absolute atomic E-state index is 13.6. The van der Waals surface area contributed by atoms with Crippen molar-refractivity contribution in [3.63, 3.8) is 0 Å². The van der Waals surface area contributed by atoms with Gasteiger partial charge in [0.25, 0.3) is 0 Å². The molecule has 8 heteroatoms. The molecule has 5 rings (SSSR count). The summed E-state index contributed by atoms with van der Waals surface area (Å²) in [5.74, 6) is 0.414. The van der Waals surface area contributed by atoms with Crippen LogP contribution in [0, 0.1) is 0 Å². The summed E-state index contributed by atoms with van der Waals surface area (Å²) in [7, 11) is -3.92. The Bertz CT molecular complexity index is 1400. The number of fused-ring (bicyclic) bond motifs is 1. The van der Waals surface area contributed by atoms with Gasteiger partial charge in [0.2, 0.25) is 26.6 Å². The number of anilines is 1. The Balaban J connectivity index is 1.65. The van der Waals surface area contributed by atoms with E-state index in [1.807, 2.05) is 23.1 Å². The van der Waals surface area contributed by atoms with Gasteiger partial charge < -0.3 is 9.32 Å². The molecule has 0 atom stereocenters. The lowest BCUT2D eigenvalue weighted by atomic mass is 10.0. The van der Waals surface area contributed by atoms with E-state index in [1.54, 1.807) is 42.5 Å².